The van der Waals surface area contributed by atoms with E-state index in [-0.39, 0.29) is 24.0 Å². The van der Waals surface area contributed by atoms with Crippen LogP contribution in [0.2, 0.25) is 0 Å². The lowest BCUT2D eigenvalue weighted by Crippen LogP contribution is -2.34. The zero-order chi connectivity index (χ0) is 21.2. The van der Waals surface area contributed by atoms with Crippen molar-refractivity contribution in [2.24, 2.45) is 0 Å². The SMILES string of the molecule is COc1ccn2c(=O)n(CC(=O)N[C@@H](C)c3ccc(OC(F)(F)F)cc3)nc2n1. The average molecular weight is 411 g/mol. The molecule has 9 nitrogen and oxygen atoms in total. The highest BCUT2D eigenvalue weighted by molar-refractivity contribution is 5.76. The lowest BCUT2D eigenvalue weighted by atomic mass is 10.1. The second kappa shape index (κ2) is 7.81. The predicted octanol–water partition coefficient (Wildman–Crippen LogP) is 1.68. The smallest absolute Gasteiger partial charge is 0.481 e. The van der Waals surface area contributed by atoms with Crippen LogP contribution < -0.4 is 20.5 Å². The van der Waals surface area contributed by atoms with Gasteiger partial charge in [-0.3, -0.25) is 4.79 Å². The van der Waals surface area contributed by atoms with Crippen molar-refractivity contribution in [3.63, 3.8) is 0 Å². The van der Waals surface area contributed by atoms with E-state index in [1.54, 1.807) is 6.92 Å². The fourth-order valence-electron chi connectivity index (χ4n) is 2.57. The van der Waals surface area contributed by atoms with Gasteiger partial charge in [-0.25, -0.2) is 13.9 Å². The van der Waals surface area contributed by atoms with Crippen molar-refractivity contribution in [2.75, 3.05) is 7.11 Å². The number of benzene rings is 1. The Morgan fingerprint density at radius 2 is 1.93 bits per heavy atom. The minimum Gasteiger partial charge on any atom is -0.481 e. The van der Waals surface area contributed by atoms with Gasteiger partial charge in [0.1, 0.15) is 12.3 Å². The molecular formula is C17H16F3N5O4. The van der Waals surface area contributed by atoms with Crippen LogP contribution in [0.25, 0.3) is 5.78 Å². The minimum absolute atomic E-state index is 0.0791. The molecule has 2 heterocycles. The third kappa shape index (κ3) is 4.83. The Kier molecular flexibility index (Phi) is 5.43. The van der Waals surface area contributed by atoms with E-state index in [4.69, 9.17) is 4.74 Å². The van der Waals surface area contributed by atoms with Gasteiger partial charge in [0.2, 0.25) is 11.8 Å². The van der Waals surface area contributed by atoms with Crippen LogP contribution in [-0.2, 0) is 11.3 Å². The van der Waals surface area contributed by atoms with Crippen LogP contribution in [0, 0.1) is 0 Å². The molecule has 12 heteroatoms. The molecule has 3 aromatic rings. The van der Waals surface area contributed by atoms with Crippen LogP contribution in [0.15, 0.2) is 41.3 Å². The van der Waals surface area contributed by atoms with Crippen LogP contribution in [-0.4, -0.2) is 38.5 Å². The second-order valence-electron chi connectivity index (χ2n) is 5.99. The first-order chi connectivity index (χ1) is 13.7. The molecule has 0 bridgehead atoms. The topological polar surface area (TPSA) is 99.8 Å². The summed E-state index contributed by atoms with van der Waals surface area (Å²) in [6.45, 7) is 1.29. The Bertz CT molecular complexity index is 1080. The summed E-state index contributed by atoms with van der Waals surface area (Å²) in [4.78, 5) is 28.5. The number of nitrogens with zero attached hydrogens (tertiary/aromatic N) is 4. The Morgan fingerprint density at radius 1 is 1.24 bits per heavy atom. The molecular weight excluding hydrogens is 395 g/mol. The lowest BCUT2D eigenvalue weighted by Gasteiger charge is -2.15. The van der Waals surface area contributed by atoms with Crippen LogP contribution in [0.4, 0.5) is 13.2 Å². The first-order valence-corrected chi connectivity index (χ1v) is 8.31. The summed E-state index contributed by atoms with van der Waals surface area (Å²) in [5.41, 5.74) is 0.00762. The number of carbonyl (C=O) groups is 1. The molecule has 0 spiro atoms. The Balaban J connectivity index is 1.66. The van der Waals surface area contributed by atoms with Gasteiger partial charge in [-0.15, -0.1) is 18.3 Å². The second-order valence-corrected chi connectivity index (χ2v) is 5.99. The fourth-order valence-corrected chi connectivity index (χ4v) is 2.57. The number of alkyl halides is 3. The van der Waals surface area contributed by atoms with E-state index < -0.39 is 24.0 Å². The van der Waals surface area contributed by atoms with Crippen LogP contribution in [0.3, 0.4) is 0 Å². The molecule has 0 fully saturated rings. The Morgan fingerprint density at radius 3 is 2.55 bits per heavy atom. The van der Waals surface area contributed by atoms with E-state index in [1.807, 2.05) is 0 Å². The predicted molar refractivity (Wildman–Crippen MR) is 93.5 cm³/mol. The monoisotopic (exact) mass is 411 g/mol. The zero-order valence-corrected chi connectivity index (χ0v) is 15.3. The third-order valence-corrected chi connectivity index (χ3v) is 3.92. The third-order valence-electron chi connectivity index (χ3n) is 3.92. The number of amides is 1. The summed E-state index contributed by atoms with van der Waals surface area (Å²) < 4.78 is 47.5. The molecule has 3 rings (SSSR count). The van der Waals surface area contributed by atoms with Crippen molar-refractivity contribution < 1.29 is 27.4 Å². The number of ether oxygens (including phenoxy) is 2. The molecule has 0 radical (unpaired) electrons. The molecule has 1 N–H and O–H groups in total. The molecule has 1 atom stereocenters. The lowest BCUT2D eigenvalue weighted by molar-refractivity contribution is -0.274. The van der Waals surface area contributed by atoms with Crippen LogP contribution in [0.5, 0.6) is 11.6 Å². The summed E-state index contributed by atoms with van der Waals surface area (Å²) in [7, 11) is 1.42. The number of hydrogen-bond donors (Lipinski definition) is 1. The number of methoxy groups -OCH3 is 1. The van der Waals surface area contributed by atoms with Crippen molar-refractivity contribution in [3.8, 4) is 11.6 Å². The molecule has 0 unspecified atom stereocenters. The van der Waals surface area contributed by atoms with Gasteiger partial charge >= 0.3 is 12.1 Å². The summed E-state index contributed by atoms with van der Waals surface area (Å²) >= 11 is 0. The number of aromatic nitrogens is 4. The Labute approximate surface area is 161 Å². The van der Waals surface area contributed by atoms with Crippen molar-refractivity contribution in [1.29, 1.82) is 0 Å². The van der Waals surface area contributed by atoms with Gasteiger partial charge in [0.05, 0.1) is 13.2 Å². The molecule has 0 aliphatic carbocycles. The zero-order valence-electron chi connectivity index (χ0n) is 15.3. The number of hydrogen-bond acceptors (Lipinski definition) is 6. The highest BCUT2D eigenvalue weighted by atomic mass is 19.4. The van der Waals surface area contributed by atoms with Gasteiger partial charge in [0.15, 0.2) is 0 Å². The first-order valence-electron chi connectivity index (χ1n) is 8.31. The summed E-state index contributed by atoms with van der Waals surface area (Å²) in [6, 6.07) is 6.06. The maximum Gasteiger partial charge on any atom is 0.573 e. The molecule has 2 aromatic heterocycles. The van der Waals surface area contributed by atoms with Crippen molar-refractivity contribution in [3.05, 3.63) is 52.6 Å². The maximum absolute atomic E-state index is 12.3. The van der Waals surface area contributed by atoms with Crippen LogP contribution >= 0.6 is 0 Å². The van der Waals surface area contributed by atoms with Gasteiger partial charge in [0.25, 0.3) is 5.78 Å². The number of halogens is 3. The summed E-state index contributed by atoms with van der Waals surface area (Å²) in [5, 5.41) is 6.63. The molecule has 0 aliphatic heterocycles. The number of rotatable bonds is 6. The first kappa shape index (κ1) is 20.2. The van der Waals surface area contributed by atoms with E-state index in [0.717, 1.165) is 16.8 Å². The number of carbonyl (C=O) groups excluding carboxylic acids is 1. The standard InChI is InChI=1S/C17H16F3N5O4/c1-10(11-3-5-12(6-4-11)29-17(18,19)20)21-13(26)9-25-16(27)24-8-7-14(28-2)22-15(24)23-25/h3-8,10H,9H2,1-2H3,(H,21,26)/t10-/m0/s1. The van der Waals surface area contributed by atoms with E-state index in [2.05, 4.69) is 20.1 Å². The van der Waals surface area contributed by atoms with E-state index in [1.165, 1.54) is 35.9 Å². The largest absolute Gasteiger partial charge is 0.573 e. The maximum atomic E-state index is 12.3. The Hall–Kier alpha value is -3.57. The molecule has 0 saturated heterocycles. The van der Waals surface area contributed by atoms with E-state index in [9.17, 15) is 22.8 Å². The van der Waals surface area contributed by atoms with Gasteiger partial charge in [-0.05, 0) is 24.6 Å². The summed E-state index contributed by atoms with van der Waals surface area (Å²) in [5.74, 6) is -0.523. The molecule has 29 heavy (non-hydrogen) atoms. The highest BCUT2D eigenvalue weighted by Crippen LogP contribution is 2.24. The molecule has 0 saturated carbocycles. The molecule has 0 aliphatic rings. The molecule has 154 valence electrons. The van der Waals surface area contributed by atoms with Crippen LogP contribution in [0.1, 0.15) is 18.5 Å². The quantitative estimate of drug-likeness (QED) is 0.663. The fraction of sp³-hybridized carbons (Fsp3) is 0.294. The highest BCUT2D eigenvalue weighted by Gasteiger charge is 2.31. The normalized spacial score (nSPS) is 12.6. The van der Waals surface area contributed by atoms with Gasteiger partial charge < -0.3 is 14.8 Å². The van der Waals surface area contributed by atoms with Gasteiger partial charge in [-0.1, -0.05) is 12.1 Å². The molecule has 1 aromatic carbocycles. The van der Waals surface area contributed by atoms with Crippen molar-refractivity contribution in [2.45, 2.75) is 25.9 Å². The van der Waals surface area contributed by atoms with Crippen molar-refractivity contribution in [1.82, 2.24) is 24.5 Å². The average Bonchev–Trinajstić information content (AvgIpc) is 2.95. The minimum atomic E-state index is -4.78. The van der Waals surface area contributed by atoms with Crippen molar-refractivity contribution >= 4 is 11.7 Å². The number of nitrogens with one attached hydrogen (secondary N) is 1. The molecule has 1 amide bonds. The summed E-state index contributed by atoms with van der Waals surface area (Å²) in [6.07, 6.45) is -3.35. The number of fused-ring (bicyclic) bond motifs is 1. The van der Waals surface area contributed by atoms with E-state index >= 15 is 0 Å². The van der Waals surface area contributed by atoms with E-state index in [0.29, 0.717) is 5.56 Å². The van der Waals surface area contributed by atoms with Gasteiger partial charge in [0, 0.05) is 12.3 Å². The van der Waals surface area contributed by atoms with Gasteiger partial charge in [-0.2, -0.15) is 4.98 Å².